The molecule has 2 unspecified atom stereocenters. The van der Waals surface area contributed by atoms with Crippen molar-refractivity contribution in [2.45, 2.75) is 117 Å². The first-order valence-electron chi connectivity index (χ1n) is 14.3. The first-order valence-corrected chi connectivity index (χ1v) is 16.5. The Morgan fingerprint density at radius 1 is 0.513 bits per heavy atom. The van der Waals surface area contributed by atoms with Crippen LogP contribution in [0, 0.1) is 0 Å². The smallest absolute Gasteiger partial charge is 0.558 e. The fourth-order valence-corrected chi connectivity index (χ4v) is 4.77. The Bertz CT molecular complexity index is 805. The molecule has 0 saturated heterocycles. The van der Waals surface area contributed by atoms with E-state index in [0.717, 1.165) is 12.8 Å². The number of hydrogen-bond donors (Lipinski definition) is 0. The van der Waals surface area contributed by atoms with E-state index in [1.54, 1.807) is 24.3 Å². The molecule has 0 aromatic heterocycles. The summed E-state index contributed by atoms with van der Waals surface area (Å²) in [6.07, 6.45) is 20.4. The zero-order chi connectivity index (χ0) is 27.8. The van der Waals surface area contributed by atoms with Gasteiger partial charge in [0.15, 0.2) is 11.5 Å². The van der Waals surface area contributed by atoms with Gasteiger partial charge in [-0.3, -0.25) is 9.05 Å². The Morgan fingerprint density at radius 3 is 1.08 bits per heavy atom. The molecule has 0 saturated carbocycles. The van der Waals surface area contributed by atoms with Crippen molar-refractivity contribution in [3.05, 3.63) is 59.7 Å². The summed E-state index contributed by atoms with van der Waals surface area (Å²) < 4.78 is 30.0. The Morgan fingerprint density at radius 2 is 0.795 bits per heavy atom. The molecule has 2 aromatic carbocycles. The zero-order valence-corrected chi connectivity index (χ0v) is 26.4. The largest absolute Gasteiger partial charge is 2.00 e. The summed E-state index contributed by atoms with van der Waals surface area (Å²) in [7, 11) is -5.62. The van der Waals surface area contributed by atoms with Crippen molar-refractivity contribution in [3.8, 4) is 11.5 Å². The van der Waals surface area contributed by atoms with Gasteiger partial charge in [0.05, 0.1) is 0 Å². The van der Waals surface area contributed by atoms with Crippen molar-refractivity contribution in [1.82, 2.24) is 0 Å². The summed E-state index contributed by atoms with van der Waals surface area (Å²) in [5, 5.41) is 0. The zero-order valence-electron chi connectivity index (χ0n) is 23.6. The molecule has 0 heterocycles. The van der Waals surface area contributed by atoms with E-state index in [1.807, 2.05) is 24.3 Å². The van der Waals surface area contributed by atoms with Crippen LogP contribution in [0.5, 0.6) is 11.5 Å². The Kier molecular flexibility index (Phi) is 24.7. The Hall–Kier alpha value is -1.33. The third-order valence-corrected chi connectivity index (χ3v) is 7.06. The summed E-state index contributed by atoms with van der Waals surface area (Å²) in [4.78, 5) is 20.8. The number of aryl methyl sites for hydroxylation is 2. The molecule has 0 amide bonds. The average Bonchev–Trinajstić information content (AvgIpc) is 2.89. The minimum Gasteiger partial charge on any atom is -0.558 e. The van der Waals surface area contributed by atoms with E-state index in [0.29, 0.717) is 11.5 Å². The second kappa shape index (κ2) is 25.6. The van der Waals surface area contributed by atoms with Crippen molar-refractivity contribution < 1.29 is 44.7 Å². The van der Waals surface area contributed by atoms with Crippen LogP contribution < -0.4 is 18.8 Å². The second-order valence-electron chi connectivity index (χ2n) is 9.66. The van der Waals surface area contributed by atoms with Gasteiger partial charge >= 0.3 is 33.3 Å². The molecule has 0 aliphatic heterocycles. The van der Waals surface area contributed by atoms with Crippen LogP contribution in [-0.2, 0) is 38.8 Å². The maximum atomic E-state index is 10.4. The molecule has 39 heavy (non-hydrogen) atoms. The van der Waals surface area contributed by atoms with Gasteiger partial charge in [-0.1, -0.05) is 115 Å². The summed E-state index contributed by atoms with van der Waals surface area (Å²) in [6, 6.07) is 14.6. The van der Waals surface area contributed by atoms with Gasteiger partial charge < -0.3 is 9.79 Å². The minimum absolute atomic E-state index is 0. The molecule has 219 valence electrons. The molecule has 0 spiro atoms. The van der Waals surface area contributed by atoms with Gasteiger partial charge in [-0.05, 0) is 70.2 Å². The van der Waals surface area contributed by atoms with Crippen molar-refractivity contribution in [2.24, 2.45) is 0 Å². The molecule has 0 aliphatic rings. The third-order valence-electron chi connectivity index (χ3n) is 6.34. The van der Waals surface area contributed by atoms with Crippen molar-refractivity contribution >= 4 is 16.5 Å². The van der Waals surface area contributed by atoms with Crippen LogP contribution in [0.3, 0.4) is 0 Å². The molecule has 2 aromatic rings. The van der Waals surface area contributed by atoms with E-state index in [1.165, 1.54) is 101 Å². The van der Waals surface area contributed by atoms with Gasteiger partial charge in [-0.2, -0.15) is 0 Å². The number of hydrogen-bond acceptors (Lipinski definition) is 6. The molecule has 1 radical (unpaired) electrons. The topological polar surface area (TPSA) is 98.7 Å². The monoisotopic (exact) mass is 623 g/mol. The van der Waals surface area contributed by atoms with Gasteiger partial charge in [0.25, 0.3) is 0 Å². The molecule has 0 bridgehead atoms. The molecule has 2 atom stereocenters. The van der Waals surface area contributed by atoms with Crippen molar-refractivity contribution in [1.29, 1.82) is 0 Å². The number of unbranched alkanes of at least 4 members (excludes halogenated alkanes) is 12. The quantitative estimate of drug-likeness (QED) is 0.108. The second-order valence-corrected chi connectivity index (χ2v) is 10.9. The first-order chi connectivity index (χ1) is 18.4. The van der Waals surface area contributed by atoms with Gasteiger partial charge in [0, 0.05) is 0 Å². The van der Waals surface area contributed by atoms with Crippen LogP contribution in [0.2, 0.25) is 0 Å². The van der Waals surface area contributed by atoms with Crippen LogP contribution in [0.4, 0.5) is 0 Å². The van der Waals surface area contributed by atoms with Gasteiger partial charge in [0.2, 0.25) is 0 Å². The van der Waals surface area contributed by atoms with Crippen molar-refractivity contribution in [2.75, 3.05) is 0 Å². The Labute approximate surface area is 248 Å². The standard InChI is InChI=1S/2C15H23O3P.Co/c2*1-2-3-4-5-6-7-8-9-14-10-12-15(13-11-14)18-19(16)17;/h2*10-13H,2-9H2,1H3;/q;;+2. The average molecular weight is 624 g/mol. The van der Waals surface area contributed by atoms with E-state index in [2.05, 4.69) is 22.9 Å². The van der Waals surface area contributed by atoms with E-state index in [4.69, 9.17) is 0 Å². The maximum absolute atomic E-state index is 10.4. The first kappa shape index (κ1) is 37.7. The van der Waals surface area contributed by atoms with Crippen LogP contribution in [0.1, 0.15) is 115 Å². The van der Waals surface area contributed by atoms with Crippen LogP contribution in [0.25, 0.3) is 0 Å². The maximum Gasteiger partial charge on any atom is 2.00 e. The summed E-state index contributed by atoms with van der Waals surface area (Å²) in [5.41, 5.74) is 2.48. The molecule has 9 heteroatoms. The van der Waals surface area contributed by atoms with E-state index >= 15 is 0 Å². The van der Waals surface area contributed by atoms with Gasteiger partial charge in [-0.15, -0.1) is 0 Å². The van der Waals surface area contributed by atoms with Crippen LogP contribution >= 0.6 is 16.5 Å². The molecule has 0 fully saturated rings. The van der Waals surface area contributed by atoms with E-state index in [9.17, 15) is 18.9 Å². The molecular weight excluding hydrogens is 577 g/mol. The number of benzene rings is 2. The van der Waals surface area contributed by atoms with Gasteiger partial charge in [-0.25, -0.2) is 0 Å². The summed E-state index contributed by atoms with van der Waals surface area (Å²) in [6.45, 7) is 4.47. The Balaban J connectivity index is 0.000000722. The van der Waals surface area contributed by atoms with E-state index < -0.39 is 16.5 Å². The molecule has 6 nitrogen and oxygen atoms in total. The normalized spacial score (nSPS) is 11.1. The van der Waals surface area contributed by atoms with E-state index in [-0.39, 0.29) is 16.8 Å². The van der Waals surface area contributed by atoms with Gasteiger partial charge in [0.1, 0.15) is 0 Å². The summed E-state index contributed by atoms with van der Waals surface area (Å²) in [5.74, 6) is 0.777. The van der Waals surface area contributed by atoms with Crippen LogP contribution in [-0.4, -0.2) is 0 Å². The molecular formula is C30H46CoO6P2+2. The molecule has 0 aliphatic carbocycles. The van der Waals surface area contributed by atoms with Crippen molar-refractivity contribution in [3.63, 3.8) is 0 Å². The fourth-order valence-electron chi connectivity index (χ4n) is 4.18. The molecule has 0 N–H and O–H groups in total. The predicted molar refractivity (Wildman–Crippen MR) is 153 cm³/mol. The molecule has 2 rings (SSSR count). The summed E-state index contributed by atoms with van der Waals surface area (Å²) >= 11 is 0. The number of rotatable bonds is 20. The third kappa shape index (κ3) is 22.1. The predicted octanol–water partition coefficient (Wildman–Crippen LogP) is 8.75. The minimum atomic E-state index is -2.81. The van der Waals surface area contributed by atoms with Crippen LogP contribution in [0.15, 0.2) is 48.5 Å². The fraction of sp³-hybridized carbons (Fsp3) is 0.600. The SMILES string of the molecule is CCCCCCCCCc1ccc(O[P+](=O)[O-])cc1.CCCCCCCCCc1ccc(O[P+](=O)[O-])cc1.[Co+2].